The summed E-state index contributed by atoms with van der Waals surface area (Å²) in [5.74, 6) is 0. The third-order valence-corrected chi connectivity index (χ3v) is 2.81. The van der Waals surface area contributed by atoms with Gasteiger partial charge in [0.25, 0.3) is 0 Å². The van der Waals surface area contributed by atoms with Crippen molar-refractivity contribution < 1.29 is 4.39 Å². The molecule has 5 heteroatoms. The minimum absolute atomic E-state index is 0.421. The van der Waals surface area contributed by atoms with Gasteiger partial charge < -0.3 is 10.5 Å². The van der Waals surface area contributed by atoms with Gasteiger partial charge in [0.1, 0.15) is 0 Å². The zero-order valence-electron chi connectivity index (χ0n) is 5.97. The molecule has 1 aliphatic rings. The first-order valence-corrected chi connectivity index (χ1v) is 4.59. The molecule has 0 radical (unpaired) electrons. The highest BCUT2D eigenvalue weighted by molar-refractivity contribution is 8.01. The van der Waals surface area contributed by atoms with E-state index in [0.717, 1.165) is 11.9 Å². The number of alkyl halides is 1. The molecule has 2 nitrogen and oxygen atoms in total. The molecule has 0 fully saturated rings. The number of anilines is 2. The molecule has 1 unspecified atom stereocenters. The number of benzene rings is 1. The molecule has 0 aromatic heterocycles. The van der Waals surface area contributed by atoms with Crippen molar-refractivity contribution in [2.45, 2.75) is 5.50 Å². The second kappa shape index (κ2) is 2.71. The molecule has 1 aliphatic heterocycles. The summed E-state index contributed by atoms with van der Waals surface area (Å²) in [4.78, 5) is 0. The molecular formula is C7H6ClFN2S. The van der Waals surface area contributed by atoms with E-state index in [1.807, 2.05) is 0 Å². The lowest BCUT2D eigenvalue weighted by molar-refractivity contribution is 0.475. The first-order chi connectivity index (χ1) is 5.70. The number of hydrogen-bond donors (Lipinski definition) is 2. The van der Waals surface area contributed by atoms with Gasteiger partial charge in [0.15, 0.2) is 5.50 Å². The second-order valence-electron chi connectivity index (χ2n) is 2.46. The average Bonchev–Trinajstić information content (AvgIpc) is 2.42. The zero-order valence-corrected chi connectivity index (χ0v) is 7.55. The van der Waals surface area contributed by atoms with Crippen molar-refractivity contribution >= 4 is 34.9 Å². The third-order valence-electron chi connectivity index (χ3n) is 1.72. The molecule has 0 saturated heterocycles. The Morgan fingerprint density at radius 2 is 2.33 bits per heavy atom. The Bertz CT molecular complexity index is 331. The normalized spacial score (nSPS) is 20.3. The summed E-state index contributed by atoms with van der Waals surface area (Å²) in [5, 5.41) is 0.421. The highest BCUT2D eigenvalue weighted by Gasteiger charge is 2.27. The third kappa shape index (κ3) is 1.03. The number of hydrogen-bond acceptors (Lipinski definition) is 3. The summed E-state index contributed by atoms with van der Waals surface area (Å²) in [5.41, 5.74) is 6.09. The van der Waals surface area contributed by atoms with Gasteiger partial charge in [-0.15, -0.1) is 0 Å². The number of rotatable bonds is 0. The predicted molar refractivity (Wildman–Crippen MR) is 50.9 cm³/mol. The molecule has 0 spiro atoms. The minimum Gasteiger partial charge on any atom is -0.397 e. The van der Waals surface area contributed by atoms with Gasteiger partial charge in [-0.25, -0.2) is 4.39 Å². The molecular weight excluding hydrogens is 199 g/mol. The summed E-state index contributed by atoms with van der Waals surface area (Å²) in [6, 6.07) is 3.27. The molecule has 1 aromatic carbocycles. The van der Waals surface area contributed by atoms with Crippen molar-refractivity contribution in [3.05, 3.63) is 22.7 Å². The summed E-state index contributed by atoms with van der Waals surface area (Å²) in [6.07, 6.45) is 0. The largest absolute Gasteiger partial charge is 0.397 e. The van der Waals surface area contributed by atoms with Crippen LogP contribution < -0.4 is 10.5 Å². The fourth-order valence-electron chi connectivity index (χ4n) is 1.12. The van der Waals surface area contributed by atoms with E-state index in [1.54, 1.807) is 12.1 Å². The van der Waals surface area contributed by atoms with Gasteiger partial charge >= 0.3 is 0 Å². The maximum absolute atomic E-state index is 13.1. The van der Waals surface area contributed by atoms with Gasteiger partial charge in [0.2, 0.25) is 0 Å². The van der Waals surface area contributed by atoms with E-state index in [9.17, 15) is 4.39 Å². The second-order valence-corrected chi connectivity index (χ2v) is 3.72. The monoisotopic (exact) mass is 204 g/mol. The van der Waals surface area contributed by atoms with Gasteiger partial charge in [0, 0.05) is 10.6 Å². The predicted octanol–water partition coefficient (Wildman–Crippen LogP) is 2.96. The van der Waals surface area contributed by atoms with Gasteiger partial charge in [0.05, 0.1) is 11.4 Å². The smallest absolute Gasteiger partial charge is 0.193 e. The van der Waals surface area contributed by atoms with Crippen LogP contribution in [0.1, 0.15) is 11.1 Å². The van der Waals surface area contributed by atoms with Gasteiger partial charge in [-0.3, -0.25) is 0 Å². The maximum Gasteiger partial charge on any atom is 0.193 e. The maximum atomic E-state index is 13.1. The van der Waals surface area contributed by atoms with Crippen LogP contribution >= 0.6 is 23.5 Å². The van der Waals surface area contributed by atoms with E-state index >= 15 is 0 Å². The number of halogens is 2. The van der Waals surface area contributed by atoms with Gasteiger partial charge in [-0.1, -0.05) is 11.6 Å². The quantitative estimate of drug-likeness (QED) is 0.504. The summed E-state index contributed by atoms with van der Waals surface area (Å²) in [7, 11) is 0. The van der Waals surface area contributed by atoms with Crippen LogP contribution in [-0.4, -0.2) is 0 Å². The SMILES string of the molecule is Nc1ccc(Cl)c2c1NSC2F. The lowest BCUT2D eigenvalue weighted by Gasteiger charge is -2.04. The molecule has 12 heavy (non-hydrogen) atoms. The Morgan fingerprint density at radius 1 is 1.58 bits per heavy atom. The number of nitrogen functional groups attached to an aromatic ring is 1. The van der Waals surface area contributed by atoms with Crippen LogP contribution in [0.2, 0.25) is 5.02 Å². The molecule has 0 bridgehead atoms. The molecule has 0 amide bonds. The molecule has 0 saturated carbocycles. The van der Waals surface area contributed by atoms with E-state index in [-0.39, 0.29) is 0 Å². The van der Waals surface area contributed by atoms with Crippen LogP contribution in [0.5, 0.6) is 0 Å². The van der Waals surface area contributed by atoms with E-state index in [0.29, 0.717) is 22.0 Å². The Balaban J connectivity index is 2.64. The van der Waals surface area contributed by atoms with Crippen molar-refractivity contribution in [1.82, 2.24) is 0 Å². The summed E-state index contributed by atoms with van der Waals surface area (Å²) >= 11 is 6.76. The lowest BCUT2D eigenvalue weighted by atomic mass is 10.1. The van der Waals surface area contributed by atoms with Crippen molar-refractivity contribution in [2.24, 2.45) is 0 Å². The van der Waals surface area contributed by atoms with Gasteiger partial charge in [-0.05, 0) is 24.1 Å². The fourth-order valence-corrected chi connectivity index (χ4v) is 2.25. The molecule has 3 N–H and O–H groups in total. The highest BCUT2D eigenvalue weighted by atomic mass is 35.5. The van der Waals surface area contributed by atoms with Crippen LogP contribution in [0.15, 0.2) is 12.1 Å². The topological polar surface area (TPSA) is 38.0 Å². The van der Waals surface area contributed by atoms with Crippen molar-refractivity contribution in [3.8, 4) is 0 Å². The first kappa shape index (κ1) is 8.01. The standard InChI is InChI=1S/C7H6ClFN2S/c8-3-1-2-4(10)6-5(3)7(9)12-11-6/h1-2,7,11H,10H2. The molecule has 2 rings (SSSR count). The van der Waals surface area contributed by atoms with E-state index < -0.39 is 5.50 Å². The number of fused-ring (bicyclic) bond motifs is 1. The van der Waals surface area contributed by atoms with E-state index in [1.165, 1.54) is 0 Å². The lowest BCUT2D eigenvalue weighted by Crippen LogP contribution is -1.91. The Morgan fingerprint density at radius 3 is 3.00 bits per heavy atom. The van der Waals surface area contributed by atoms with Crippen LogP contribution in [0.25, 0.3) is 0 Å². The summed E-state index contributed by atoms with van der Waals surface area (Å²) < 4.78 is 15.9. The number of nitrogens with two attached hydrogens (primary N) is 1. The Labute approximate surface area is 78.4 Å². The van der Waals surface area contributed by atoms with Crippen LogP contribution in [0, 0.1) is 0 Å². The van der Waals surface area contributed by atoms with E-state index in [4.69, 9.17) is 17.3 Å². The van der Waals surface area contributed by atoms with Crippen molar-refractivity contribution in [1.29, 1.82) is 0 Å². The molecule has 1 heterocycles. The first-order valence-electron chi connectivity index (χ1n) is 3.34. The molecule has 0 aliphatic carbocycles. The van der Waals surface area contributed by atoms with Crippen LogP contribution in [0.4, 0.5) is 15.8 Å². The Hall–Kier alpha value is -0.610. The van der Waals surface area contributed by atoms with Crippen LogP contribution in [-0.2, 0) is 0 Å². The highest BCUT2D eigenvalue weighted by Crippen LogP contribution is 2.48. The molecule has 64 valence electrons. The van der Waals surface area contributed by atoms with Crippen molar-refractivity contribution in [2.75, 3.05) is 10.5 Å². The van der Waals surface area contributed by atoms with Gasteiger partial charge in [-0.2, -0.15) is 0 Å². The average molecular weight is 205 g/mol. The fraction of sp³-hybridized carbons (Fsp3) is 0.143. The number of nitrogens with one attached hydrogen (secondary N) is 1. The molecule has 1 aromatic rings. The van der Waals surface area contributed by atoms with Crippen molar-refractivity contribution in [3.63, 3.8) is 0 Å². The Kier molecular flexibility index (Phi) is 1.81. The van der Waals surface area contributed by atoms with Crippen LogP contribution in [0.3, 0.4) is 0 Å². The summed E-state index contributed by atoms with van der Waals surface area (Å²) in [6.45, 7) is 0. The van der Waals surface area contributed by atoms with E-state index in [2.05, 4.69) is 4.72 Å². The minimum atomic E-state index is -1.11. The zero-order chi connectivity index (χ0) is 8.72. The molecule has 1 atom stereocenters.